The summed E-state index contributed by atoms with van der Waals surface area (Å²) in [5.74, 6) is 2.56. The number of aromatic nitrogens is 2. The van der Waals surface area contributed by atoms with Crippen LogP contribution in [0.4, 0.5) is 0 Å². The number of ether oxygens (including phenoxy) is 1. The molecular formula is C16H27N3O2S. The van der Waals surface area contributed by atoms with E-state index >= 15 is 0 Å². The molecule has 1 aliphatic carbocycles. The summed E-state index contributed by atoms with van der Waals surface area (Å²) in [4.78, 5) is 2.47. The van der Waals surface area contributed by atoms with Crippen LogP contribution in [0.2, 0.25) is 0 Å². The van der Waals surface area contributed by atoms with Gasteiger partial charge in [0.2, 0.25) is 11.8 Å². The van der Waals surface area contributed by atoms with E-state index < -0.39 is 0 Å². The lowest BCUT2D eigenvalue weighted by Crippen LogP contribution is -2.39. The molecule has 1 saturated carbocycles. The zero-order valence-corrected chi connectivity index (χ0v) is 14.3. The molecule has 0 unspecified atom stereocenters. The molecule has 1 saturated heterocycles. The minimum absolute atomic E-state index is 0.0544. The summed E-state index contributed by atoms with van der Waals surface area (Å²) >= 11 is 2.16. The first-order valence-electron chi connectivity index (χ1n) is 8.63. The smallest absolute Gasteiger partial charge is 0.246 e. The minimum atomic E-state index is -0.0544. The molecule has 0 spiro atoms. The predicted molar refractivity (Wildman–Crippen MR) is 88.1 cm³/mol. The van der Waals surface area contributed by atoms with Crippen molar-refractivity contribution in [3.05, 3.63) is 11.8 Å². The van der Waals surface area contributed by atoms with E-state index in [2.05, 4.69) is 26.9 Å². The molecule has 2 fully saturated rings. The highest BCUT2D eigenvalue weighted by Crippen LogP contribution is 2.28. The quantitative estimate of drug-likeness (QED) is 0.801. The van der Waals surface area contributed by atoms with E-state index in [4.69, 9.17) is 9.15 Å². The van der Waals surface area contributed by atoms with Crippen molar-refractivity contribution in [1.82, 2.24) is 15.1 Å². The first-order valence-corrected chi connectivity index (χ1v) is 9.68. The molecule has 0 radical (unpaired) electrons. The maximum absolute atomic E-state index is 5.80. The number of thioether (sulfide) groups is 1. The molecule has 1 atom stereocenters. The second-order valence-electron chi connectivity index (χ2n) is 6.18. The third-order valence-corrected chi connectivity index (χ3v) is 5.89. The van der Waals surface area contributed by atoms with Crippen molar-refractivity contribution in [2.75, 3.05) is 32.0 Å². The Morgan fingerprint density at radius 2 is 2.09 bits per heavy atom. The van der Waals surface area contributed by atoms with E-state index in [1.165, 1.54) is 37.9 Å². The van der Waals surface area contributed by atoms with Crippen LogP contribution in [0.25, 0.3) is 0 Å². The molecule has 0 bridgehead atoms. The van der Waals surface area contributed by atoms with Crippen LogP contribution in [0.15, 0.2) is 4.42 Å². The fraction of sp³-hybridized carbons (Fsp3) is 0.875. The molecule has 1 aromatic rings. The van der Waals surface area contributed by atoms with Gasteiger partial charge in [0.05, 0.1) is 6.61 Å². The molecule has 2 aliphatic rings. The molecule has 5 nitrogen and oxygen atoms in total. The van der Waals surface area contributed by atoms with E-state index in [1.807, 2.05) is 6.92 Å². The van der Waals surface area contributed by atoms with E-state index in [1.54, 1.807) is 0 Å². The standard InChI is InChI=1S/C16H27N3O2S/c1-2-15-17-18-16(21-15)14-12-19(8-10-20-14)9-11-22-13-6-4-3-5-7-13/h13-14H,2-12H2,1H3/t14-/m0/s1. The topological polar surface area (TPSA) is 51.4 Å². The molecule has 1 aromatic heterocycles. The third kappa shape index (κ3) is 4.46. The highest BCUT2D eigenvalue weighted by molar-refractivity contribution is 7.99. The van der Waals surface area contributed by atoms with Gasteiger partial charge in [0.15, 0.2) is 0 Å². The van der Waals surface area contributed by atoms with Crippen LogP contribution in [0.3, 0.4) is 0 Å². The second kappa shape index (κ2) is 8.31. The zero-order chi connectivity index (χ0) is 15.2. The summed E-state index contributed by atoms with van der Waals surface area (Å²) in [5, 5.41) is 9.06. The Morgan fingerprint density at radius 3 is 2.86 bits per heavy atom. The van der Waals surface area contributed by atoms with Crippen molar-refractivity contribution in [3.8, 4) is 0 Å². The average Bonchev–Trinajstić information content (AvgIpc) is 3.05. The van der Waals surface area contributed by atoms with Crippen LogP contribution in [0.1, 0.15) is 56.9 Å². The number of aryl methyl sites for hydroxylation is 1. The van der Waals surface area contributed by atoms with Crippen LogP contribution in [0, 0.1) is 0 Å². The first kappa shape index (κ1) is 16.3. The van der Waals surface area contributed by atoms with E-state index in [-0.39, 0.29) is 6.10 Å². The fourth-order valence-corrected chi connectivity index (χ4v) is 4.54. The van der Waals surface area contributed by atoms with Gasteiger partial charge in [-0.15, -0.1) is 10.2 Å². The van der Waals surface area contributed by atoms with Crippen LogP contribution in [-0.2, 0) is 11.2 Å². The van der Waals surface area contributed by atoms with Crippen molar-refractivity contribution in [3.63, 3.8) is 0 Å². The zero-order valence-electron chi connectivity index (χ0n) is 13.5. The number of rotatable bonds is 6. The molecule has 124 valence electrons. The summed E-state index contributed by atoms with van der Waals surface area (Å²) in [6.45, 7) is 5.79. The lowest BCUT2D eigenvalue weighted by atomic mass is 10.0. The Balaban J connectivity index is 1.42. The van der Waals surface area contributed by atoms with Crippen LogP contribution in [-0.4, -0.2) is 52.3 Å². The maximum atomic E-state index is 5.80. The van der Waals surface area contributed by atoms with Gasteiger partial charge in [0.1, 0.15) is 6.10 Å². The molecule has 0 amide bonds. The monoisotopic (exact) mass is 325 g/mol. The average molecular weight is 325 g/mol. The molecule has 6 heteroatoms. The maximum Gasteiger partial charge on any atom is 0.246 e. The SMILES string of the molecule is CCc1nnc([C@@H]2CN(CCSC3CCCCC3)CCO2)o1. The van der Waals surface area contributed by atoms with Gasteiger partial charge in [0.25, 0.3) is 0 Å². The molecule has 0 aromatic carbocycles. The van der Waals surface area contributed by atoms with Crippen molar-refractivity contribution >= 4 is 11.8 Å². The van der Waals surface area contributed by atoms with Gasteiger partial charge >= 0.3 is 0 Å². The van der Waals surface area contributed by atoms with Crippen molar-refractivity contribution in [1.29, 1.82) is 0 Å². The fourth-order valence-electron chi connectivity index (χ4n) is 3.17. The van der Waals surface area contributed by atoms with Gasteiger partial charge in [-0.25, -0.2) is 0 Å². The molecular weight excluding hydrogens is 298 g/mol. The van der Waals surface area contributed by atoms with E-state index in [0.29, 0.717) is 11.8 Å². The molecule has 3 rings (SSSR count). The number of hydrogen-bond acceptors (Lipinski definition) is 6. The molecule has 22 heavy (non-hydrogen) atoms. The molecule has 1 aliphatic heterocycles. The summed E-state index contributed by atoms with van der Waals surface area (Å²) in [7, 11) is 0. The van der Waals surface area contributed by atoms with E-state index in [0.717, 1.165) is 37.9 Å². The highest BCUT2D eigenvalue weighted by Gasteiger charge is 2.26. The lowest BCUT2D eigenvalue weighted by molar-refractivity contribution is -0.0410. The normalized spacial score (nSPS) is 24.7. The Hall–Kier alpha value is -0.590. The molecule has 0 N–H and O–H groups in total. The Kier molecular flexibility index (Phi) is 6.15. The lowest BCUT2D eigenvalue weighted by Gasteiger charge is -2.31. The number of hydrogen-bond donors (Lipinski definition) is 0. The van der Waals surface area contributed by atoms with Crippen LogP contribution < -0.4 is 0 Å². The third-order valence-electron chi connectivity index (χ3n) is 4.52. The van der Waals surface area contributed by atoms with Gasteiger partial charge in [-0.2, -0.15) is 11.8 Å². The number of morpholine rings is 1. The summed E-state index contributed by atoms with van der Waals surface area (Å²) in [5.41, 5.74) is 0. The van der Waals surface area contributed by atoms with Crippen LogP contribution >= 0.6 is 11.8 Å². The van der Waals surface area contributed by atoms with Gasteiger partial charge in [0, 0.05) is 37.1 Å². The Bertz CT molecular complexity index is 448. The predicted octanol–water partition coefficient (Wildman–Crippen LogP) is 3.07. The van der Waals surface area contributed by atoms with Gasteiger partial charge in [-0.3, -0.25) is 4.90 Å². The van der Waals surface area contributed by atoms with Crippen molar-refractivity contribution in [2.24, 2.45) is 0 Å². The van der Waals surface area contributed by atoms with Crippen molar-refractivity contribution in [2.45, 2.75) is 56.8 Å². The largest absolute Gasteiger partial charge is 0.422 e. The highest BCUT2D eigenvalue weighted by atomic mass is 32.2. The Labute approximate surface area is 137 Å². The van der Waals surface area contributed by atoms with Crippen LogP contribution in [0.5, 0.6) is 0 Å². The van der Waals surface area contributed by atoms with Gasteiger partial charge in [-0.05, 0) is 12.8 Å². The summed E-state index contributed by atoms with van der Waals surface area (Å²) < 4.78 is 11.4. The van der Waals surface area contributed by atoms with E-state index in [9.17, 15) is 0 Å². The molecule has 2 heterocycles. The van der Waals surface area contributed by atoms with Crippen molar-refractivity contribution < 1.29 is 9.15 Å². The summed E-state index contributed by atoms with van der Waals surface area (Å²) in [6.07, 6.45) is 7.84. The number of nitrogens with zero attached hydrogens (tertiary/aromatic N) is 3. The minimum Gasteiger partial charge on any atom is -0.422 e. The Morgan fingerprint density at radius 1 is 1.23 bits per heavy atom. The van der Waals surface area contributed by atoms with Gasteiger partial charge < -0.3 is 9.15 Å². The first-order chi connectivity index (χ1) is 10.8. The summed E-state index contributed by atoms with van der Waals surface area (Å²) in [6, 6.07) is 0. The second-order valence-corrected chi connectivity index (χ2v) is 7.59. The van der Waals surface area contributed by atoms with Gasteiger partial charge in [-0.1, -0.05) is 26.2 Å².